The number of nitrogens with zero attached hydrogens (tertiary/aromatic N) is 1. The van der Waals surface area contributed by atoms with Gasteiger partial charge in [0.15, 0.2) is 5.78 Å². The van der Waals surface area contributed by atoms with Crippen LogP contribution in [0.25, 0.3) is 6.08 Å². The second-order valence-electron chi connectivity index (χ2n) is 5.00. The van der Waals surface area contributed by atoms with E-state index in [9.17, 15) is 9.59 Å². The first-order valence-corrected chi connectivity index (χ1v) is 7.82. The Labute approximate surface area is 137 Å². The van der Waals surface area contributed by atoms with E-state index < -0.39 is 5.97 Å². The number of carbonyl (C=O) groups is 2. The highest BCUT2D eigenvalue weighted by molar-refractivity contribution is 6.03. The van der Waals surface area contributed by atoms with E-state index in [1.807, 2.05) is 24.3 Å². The van der Waals surface area contributed by atoms with Gasteiger partial charge in [0, 0.05) is 6.54 Å². The number of ketones is 1. The zero-order chi connectivity index (χ0) is 17.1. The number of hydrogen-bond acceptors (Lipinski definition) is 5. The van der Waals surface area contributed by atoms with Gasteiger partial charge in [0.2, 0.25) is 0 Å². The minimum absolute atomic E-state index is 0.237. The second kappa shape index (κ2) is 10.6. The molecule has 5 heteroatoms. The third-order valence-electron chi connectivity index (χ3n) is 3.46. The van der Waals surface area contributed by atoms with Crippen molar-refractivity contribution < 1.29 is 19.1 Å². The van der Waals surface area contributed by atoms with Crippen molar-refractivity contribution in [1.29, 1.82) is 0 Å². The maximum Gasteiger partial charge on any atom is 0.313 e. The Bertz CT molecular complexity index is 518. The number of likely N-dealkylation sites (N-methyl/N-ethyl adjacent to an activating group) is 1. The Hall–Kier alpha value is -2.14. The Morgan fingerprint density at radius 3 is 2.35 bits per heavy atom. The van der Waals surface area contributed by atoms with Crippen molar-refractivity contribution in [2.24, 2.45) is 0 Å². The van der Waals surface area contributed by atoms with E-state index in [0.717, 1.165) is 30.9 Å². The average Bonchev–Trinajstić information content (AvgIpc) is 2.58. The zero-order valence-corrected chi connectivity index (χ0v) is 14.1. The monoisotopic (exact) mass is 319 g/mol. The number of hydrogen-bond donors (Lipinski definition) is 0. The maximum atomic E-state index is 11.5. The van der Waals surface area contributed by atoms with Crippen LogP contribution < -0.4 is 4.74 Å². The van der Waals surface area contributed by atoms with Crippen LogP contribution in [0.4, 0.5) is 0 Å². The molecule has 0 saturated carbocycles. The van der Waals surface area contributed by atoms with Crippen LogP contribution in [0.1, 0.15) is 25.8 Å². The lowest BCUT2D eigenvalue weighted by Crippen LogP contribution is -2.27. The van der Waals surface area contributed by atoms with Gasteiger partial charge in [-0.1, -0.05) is 32.1 Å². The first-order chi connectivity index (χ1) is 11.1. The molecule has 0 aliphatic rings. The second-order valence-corrected chi connectivity index (χ2v) is 5.00. The van der Waals surface area contributed by atoms with Gasteiger partial charge in [-0.3, -0.25) is 9.59 Å². The molecular weight excluding hydrogens is 294 g/mol. The van der Waals surface area contributed by atoms with Gasteiger partial charge in [-0.25, -0.2) is 0 Å². The van der Waals surface area contributed by atoms with Crippen molar-refractivity contribution in [2.75, 3.05) is 33.4 Å². The van der Waals surface area contributed by atoms with Crippen molar-refractivity contribution in [3.63, 3.8) is 0 Å². The zero-order valence-electron chi connectivity index (χ0n) is 14.1. The summed E-state index contributed by atoms with van der Waals surface area (Å²) < 4.78 is 10.1. The Morgan fingerprint density at radius 1 is 1.13 bits per heavy atom. The summed E-state index contributed by atoms with van der Waals surface area (Å²) in [6.07, 6.45) is 2.82. The molecule has 23 heavy (non-hydrogen) atoms. The average molecular weight is 319 g/mol. The first kappa shape index (κ1) is 18.9. The first-order valence-electron chi connectivity index (χ1n) is 7.82. The van der Waals surface area contributed by atoms with Gasteiger partial charge >= 0.3 is 5.97 Å². The number of methoxy groups -OCH3 is 1. The number of allylic oxidation sites excluding steroid dienone is 1. The van der Waals surface area contributed by atoms with Gasteiger partial charge < -0.3 is 14.4 Å². The summed E-state index contributed by atoms with van der Waals surface area (Å²) in [6, 6.07) is 7.47. The Morgan fingerprint density at radius 2 is 1.78 bits per heavy atom. The topological polar surface area (TPSA) is 55.8 Å². The van der Waals surface area contributed by atoms with Crippen molar-refractivity contribution in [2.45, 2.75) is 20.3 Å². The fraction of sp³-hybridized carbons (Fsp3) is 0.444. The van der Waals surface area contributed by atoms with Crippen molar-refractivity contribution in [3.8, 4) is 5.75 Å². The standard InChI is InChI=1S/C18H25NO4/c1-4-19(5-2)12-13-23-17-10-7-15(8-11-17)6-9-16(20)14-18(21)22-3/h6-11H,4-5,12-14H2,1-3H3. The third kappa shape index (κ3) is 7.61. The summed E-state index contributed by atoms with van der Waals surface area (Å²) in [7, 11) is 1.26. The van der Waals surface area contributed by atoms with Crippen LogP contribution in [-0.4, -0.2) is 50.0 Å². The molecule has 0 aliphatic carbocycles. The van der Waals surface area contributed by atoms with E-state index in [1.54, 1.807) is 6.08 Å². The predicted octanol–water partition coefficient (Wildman–Crippen LogP) is 2.55. The largest absolute Gasteiger partial charge is 0.492 e. The molecule has 0 aromatic heterocycles. The summed E-state index contributed by atoms with van der Waals surface area (Å²) in [5.74, 6) is -0.0109. The van der Waals surface area contributed by atoms with Crippen molar-refractivity contribution in [1.82, 2.24) is 4.90 Å². The molecule has 5 nitrogen and oxygen atoms in total. The molecule has 1 aromatic carbocycles. The van der Waals surface area contributed by atoms with E-state index in [4.69, 9.17) is 4.74 Å². The number of esters is 1. The lowest BCUT2D eigenvalue weighted by atomic mass is 10.1. The van der Waals surface area contributed by atoms with Crippen LogP contribution in [0.2, 0.25) is 0 Å². The molecule has 0 unspecified atom stereocenters. The molecule has 0 N–H and O–H groups in total. The number of carbonyl (C=O) groups excluding carboxylic acids is 2. The molecule has 0 saturated heterocycles. The molecule has 1 aromatic rings. The Kier molecular flexibility index (Phi) is 8.68. The molecule has 0 radical (unpaired) electrons. The molecule has 0 spiro atoms. The van der Waals surface area contributed by atoms with E-state index in [-0.39, 0.29) is 12.2 Å². The van der Waals surface area contributed by atoms with Crippen LogP contribution in [0.3, 0.4) is 0 Å². The van der Waals surface area contributed by atoms with E-state index in [2.05, 4.69) is 23.5 Å². The molecule has 0 atom stereocenters. The summed E-state index contributed by atoms with van der Waals surface area (Å²) in [6.45, 7) is 7.84. The SMILES string of the molecule is CCN(CC)CCOc1ccc(C=CC(=O)CC(=O)OC)cc1. The molecule has 126 valence electrons. The van der Waals surface area contributed by atoms with Crippen LogP contribution in [0, 0.1) is 0 Å². The van der Waals surface area contributed by atoms with Gasteiger partial charge in [-0.05, 0) is 36.9 Å². The highest BCUT2D eigenvalue weighted by Crippen LogP contribution is 2.13. The minimum Gasteiger partial charge on any atom is -0.492 e. The van der Waals surface area contributed by atoms with Gasteiger partial charge in [-0.15, -0.1) is 0 Å². The summed E-state index contributed by atoms with van der Waals surface area (Å²) in [4.78, 5) is 24.8. The van der Waals surface area contributed by atoms with Crippen LogP contribution >= 0.6 is 0 Å². The van der Waals surface area contributed by atoms with Crippen LogP contribution in [0.5, 0.6) is 5.75 Å². The highest BCUT2D eigenvalue weighted by Gasteiger charge is 2.05. The molecular formula is C18H25NO4. The lowest BCUT2D eigenvalue weighted by molar-refractivity contribution is -0.142. The smallest absolute Gasteiger partial charge is 0.313 e. The van der Waals surface area contributed by atoms with Crippen molar-refractivity contribution in [3.05, 3.63) is 35.9 Å². The number of benzene rings is 1. The summed E-state index contributed by atoms with van der Waals surface area (Å²) in [5, 5.41) is 0. The fourth-order valence-electron chi connectivity index (χ4n) is 1.97. The van der Waals surface area contributed by atoms with E-state index in [1.165, 1.54) is 13.2 Å². The molecule has 0 bridgehead atoms. The summed E-state index contributed by atoms with van der Waals surface area (Å²) in [5.41, 5.74) is 0.874. The molecule has 0 amide bonds. The maximum absolute atomic E-state index is 11.5. The lowest BCUT2D eigenvalue weighted by Gasteiger charge is -2.17. The normalized spacial score (nSPS) is 11.0. The predicted molar refractivity (Wildman–Crippen MR) is 90.4 cm³/mol. The minimum atomic E-state index is -0.531. The quantitative estimate of drug-likeness (QED) is 0.377. The molecule has 0 heterocycles. The van der Waals surface area contributed by atoms with E-state index in [0.29, 0.717) is 6.61 Å². The molecule has 1 rings (SSSR count). The van der Waals surface area contributed by atoms with Crippen molar-refractivity contribution >= 4 is 17.8 Å². The summed E-state index contributed by atoms with van der Waals surface area (Å²) >= 11 is 0. The van der Waals surface area contributed by atoms with Gasteiger partial charge in [-0.2, -0.15) is 0 Å². The highest BCUT2D eigenvalue weighted by atomic mass is 16.5. The fourth-order valence-corrected chi connectivity index (χ4v) is 1.97. The van der Waals surface area contributed by atoms with Gasteiger partial charge in [0.25, 0.3) is 0 Å². The van der Waals surface area contributed by atoms with Crippen LogP contribution in [-0.2, 0) is 14.3 Å². The number of rotatable bonds is 10. The number of ether oxygens (including phenoxy) is 2. The molecule has 0 fully saturated rings. The third-order valence-corrected chi connectivity index (χ3v) is 3.46. The van der Waals surface area contributed by atoms with E-state index >= 15 is 0 Å². The van der Waals surface area contributed by atoms with Gasteiger partial charge in [0.05, 0.1) is 7.11 Å². The molecule has 0 aliphatic heterocycles. The Balaban J connectivity index is 2.44. The van der Waals surface area contributed by atoms with Gasteiger partial charge in [0.1, 0.15) is 18.8 Å². The van der Waals surface area contributed by atoms with Crippen LogP contribution in [0.15, 0.2) is 30.3 Å².